The molecule has 0 spiro atoms. The summed E-state index contributed by atoms with van der Waals surface area (Å²) in [6.07, 6.45) is 6.26. The topological polar surface area (TPSA) is 45.2 Å². The van der Waals surface area contributed by atoms with Gasteiger partial charge in [-0.25, -0.2) is 0 Å². The quantitative estimate of drug-likeness (QED) is 0.662. The van der Waals surface area contributed by atoms with Crippen LogP contribution in [0, 0.1) is 6.92 Å². The summed E-state index contributed by atoms with van der Waals surface area (Å²) in [5, 5.41) is 12.0. The minimum Gasteiger partial charge on any atom is -0.396 e. The van der Waals surface area contributed by atoms with Gasteiger partial charge in [-0.3, -0.25) is 4.98 Å². The zero-order valence-corrected chi connectivity index (χ0v) is 10.1. The molecule has 16 heavy (non-hydrogen) atoms. The van der Waals surface area contributed by atoms with E-state index < -0.39 is 0 Å². The number of pyridine rings is 1. The number of aliphatic hydroxyl groups excluding tert-OH is 1. The first-order valence-electron chi connectivity index (χ1n) is 6.06. The Hall–Kier alpha value is -0.930. The number of nitrogens with zero attached hydrogens (tertiary/aromatic N) is 1. The molecule has 0 saturated heterocycles. The average molecular weight is 222 g/mol. The lowest BCUT2D eigenvalue weighted by atomic mass is 10.2. The van der Waals surface area contributed by atoms with Crippen molar-refractivity contribution in [1.29, 1.82) is 0 Å². The molecule has 1 heterocycles. The fraction of sp³-hybridized carbons (Fsp3) is 0.615. The van der Waals surface area contributed by atoms with Gasteiger partial charge in [0, 0.05) is 25.0 Å². The number of aromatic nitrogens is 1. The van der Waals surface area contributed by atoms with Gasteiger partial charge in [0.1, 0.15) is 0 Å². The highest BCUT2D eigenvalue weighted by Gasteiger charge is 1.96. The molecular formula is C13H22N2O. The fourth-order valence-corrected chi connectivity index (χ4v) is 1.64. The Morgan fingerprint density at radius 2 is 2.06 bits per heavy atom. The van der Waals surface area contributed by atoms with Gasteiger partial charge in [0.25, 0.3) is 0 Å². The van der Waals surface area contributed by atoms with Crippen LogP contribution in [0.4, 0.5) is 0 Å². The largest absolute Gasteiger partial charge is 0.396 e. The van der Waals surface area contributed by atoms with E-state index in [2.05, 4.69) is 16.4 Å². The van der Waals surface area contributed by atoms with E-state index in [-0.39, 0.29) is 0 Å². The van der Waals surface area contributed by atoms with Gasteiger partial charge >= 0.3 is 0 Å². The van der Waals surface area contributed by atoms with Gasteiger partial charge in [-0.05, 0) is 37.9 Å². The molecule has 0 aliphatic carbocycles. The number of rotatable bonds is 8. The van der Waals surface area contributed by atoms with Crippen LogP contribution in [0.1, 0.15) is 36.9 Å². The maximum absolute atomic E-state index is 8.63. The van der Waals surface area contributed by atoms with E-state index >= 15 is 0 Å². The SMILES string of the molecule is Cc1ncccc1CNCCCCCCO. The molecule has 3 nitrogen and oxygen atoms in total. The van der Waals surface area contributed by atoms with Gasteiger partial charge in [-0.2, -0.15) is 0 Å². The van der Waals surface area contributed by atoms with E-state index in [0.29, 0.717) is 6.61 Å². The molecule has 1 aromatic rings. The molecule has 0 aromatic carbocycles. The monoisotopic (exact) mass is 222 g/mol. The molecule has 0 fully saturated rings. The molecule has 0 atom stereocenters. The fourth-order valence-electron chi connectivity index (χ4n) is 1.64. The first kappa shape index (κ1) is 13.1. The van der Waals surface area contributed by atoms with Gasteiger partial charge in [0.15, 0.2) is 0 Å². The smallest absolute Gasteiger partial charge is 0.0431 e. The number of aliphatic hydroxyl groups is 1. The highest BCUT2D eigenvalue weighted by atomic mass is 16.2. The maximum Gasteiger partial charge on any atom is 0.0431 e. The van der Waals surface area contributed by atoms with E-state index in [1.165, 1.54) is 18.4 Å². The second kappa shape index (κ2) is 8.25. The molecule has 0 radical (unpaired) electrons. The molecule has 3 heteroatoms. The Morgan fingerprint density at radius 1 is 1.25 bits per heavy atom. The van der Waals surface area contributed by atoms with Crippen molar-refractivity contribution in [3.05, 3.63) is 29.6 Å². The molecular weight excluding hydrogens is 200 g/mol. The van der Waals surface area contributed by atoms with Crippen molar-refractivity contribution < 1.29 is 5.11 Å². The lowest BCUT2D eigenvalue weighted by Gasteiger charge is -2.06. The normalized spacial score (nSPS) is 10.6. The van der Waals surface area contributed by atoms with Crippen molar-refractivity contribution in [3.8, 4) is 0 Å². The van der Waals surface area contributed by atoms with E-state index in [1.54, 1.807) is 0 Å². The number of unbranched alkanes of at least 4 members (excludes halogenated alkanes) is 3. The molecule has 0 aliphatic heterocycles. The van der Waals surface area contributed by atoms with Crippen molar-refractivity contribution in [2.75, 3.05) is 13.2 Å². The third kappa shape index (κ3) is 5.24. The summed E-state index contributed by atoms with van der Waals surface area (Å²) in [4.78, 5) is 4.25. The highest BCUT2D eigenvalue weighted by molar-refractivity contribution is 5.17. The van der Waals surface area contributed by atoms with E-state index in [1.807, 2.05) is 19.2 Å². The van der Waals surface area contributed by atoms with Crippen LogP contribution in [0.15, 0.2) is 18.3 Å². The number of hydrogen-bond donors (Lipinski definition) is 2. The molecule has 0 bridgehead atoms. The Balaban J connectivity index is 2.05. The number of aryl methyl sites for hydroxylation is 1. The summed E-state index contributed by atoms with van der Waals surface area (Å²) >= 11 is 0. The summed E-state index contributed by atoms with van der Waals surface area (Å²) in [6, 6.07) is 4.09. The first-order valence-corrected chi connectivity index (χ1v) is 6.06. The molecule has 0 unspecified atom stereocenters. The zero-order chi connectivity index (χ0) is 11.6. The maximum atomic E-state index is 8.63. The van der Waals surface area contributed by atoms with Crippen LogP contribution < -0.4 is 5.32 Å². The third-order valence-electron chi connectivity index (χ3n) is 2.69. The van der Waals surface area contributed by atoms with Crippen LogP contribution in [-0.2, 0) is 6.54 Å². The average Bonchev–Trinajstić information content (AvgIpc) is 2.30. The summed E-state index contributed by atoms with van der Waals surface area (Å²) in [5.74, 6) is 0. The zero-order valence-electron chi connectivity index (χ0n) is 10.1. The summed E-state index contributed by atoms with van der Waals surface area (Å²) in [5.41, 5.74) is 2.38. The summed E-state index contributed by atoms with van der Waals surface area (Å²) < 4.78 is 0. The molecule has 1 aromatic heterocycles. The predicted octanol–water partition coefficient (Wildman–Crippen LogP) is 2.03. The minimum absolute atomic E-state index is 0.322. The van der Waals surface area contributed by atoms with Crippen molar-refractivity contribution in [2.45, 2.75) is 39.2 Å². The Bertz CT molecular complexity index is 289. The molecule has 1 rings (SSSR count). The number of hydrogen-bond acceptors (Lipinski definition) is 3. The van der Waals surface area contributed by atoms with Crippen LogP contribution in [0.2, 0.25) is 0 Å². The second-order valence-corrected chi connectivity index (χ2v) is 4.06. The lowest BCUT2D eigenvalue weighted by Crippen LogP contribution is -2.15. The van der Waals surface area contributed by atoms with Gasteiger partial charge in [-0.15, -0.1) is 0 Å². The van der Waals surface area contributed by atoms with Crippen LogP contribution in [0.3, 0.4) is 0 Å². The van der Waals surface area contributed by atoms with Crippen LogP contribution >= 0.6 is 0 Å². The van der Waals surface area contributed by atoms with E-state index in [0.717, 1.165) is 31.6 Å². The van der Waals surface area contributed by atoms with Gasteiger partial charge in [0.2, 0.25) is 0 Å². The standard InChI is InChI=1S/C13H22N2O/c1-12-13(7-6-9-15-12)11-14-8-4-2-3-5-10-16/h6-7,9,14,16H,2-5,8,10-11H2,1H3. The van der Waals surface area contributed by atoms with Crippen LogP contribution in [0.5, 0.6) is 0 Å². The minimum atomic E-state index is 0.322. The Kier molecular flexibility index (Phi) is 6.77. The molecule has 0 saturated carbocycles. The second-order valence-electron chi connectivity index (χ2n) is 4.06. The molecule has 90 valence electrons. The summed E-state index contributed by atoms with van der Waals surface area (Å²) in [7, 11) is 0. The Morgan fingerprint density at radius 3 is 2.81 bits per heavy atom. The van der Waals surface area contributed by atoms with Crippen molar-refractivity contribution in [3.63, 3.8) is 0 Å². The highest BCUT2D eigenvalue weighted by Crippen LogP contribution is 2.03. The first-order chi connectivity index (χ1) is 7.84. The van der Waals surface area contributed by atoms with Crippen molar-refractivity contribution in [1.82, 2.24) is 10.3 Å². The number of nitrogens with one attached hydrogen (secondary N) is 1. The predicted molar refractivity (Wildman–Crippen MR) is 66.2 cm³/mol. The molecule has 2 N–H and O–H groups in total. The van der Waals surface area contributed by atoms with E-state index in [4.69, 9.17) is 5.11 Å². The molecule has 0 aliphatic rings. The van der Waals surface area contributed by atoms with Crippen molar-refractivity contribution in [2.24, 2.45) is 0 Å². The Labute approximate surface area is 97.9 Å². The van der Waals surface area contributed by atoms with Gasteiger partial charge < -0.3 is 10.4 Å². The lowest BCUT2D eigenvalue weighted by molar-refractivity contribution is 0.282. The van der Waals surface area contributed by atoms with Gasteiger partial charge in [-0.1, -0.05) is 18.9 Å². The van der Waals surface area contributed by atoms with Crippen LogP contribution in [0.25, 0.3) is 0 Å². The summed E-state index contributed by atoms with van der Waals surface area (Å²) in [6.45, 7) is 4.31. The third-order valence-corrected chi connectivity index (χ3v) is 2.69. The molecule has 0 amide bonds. The van der Waals surface area contributed by atoms with Gasteiger partial charge in [0.05, 0.1) is 0 Å². The van der Waals surface area contributed by atoms with Crippen molar-refractivity contribution >= 4 is 0 Å². The van der Waals surface area contributed by atoms with E-state index in [9.17, 15) is 0 Å². The van der Waals surface area contributed by atoms with Crippen LogP contribution in [-0.4, -0.2) is 23.2 Å².